The lowest BCUT2D eigenvalue weighted by Crippen LogP contribution is -2.27. The Hall–Kier alpha value is -0.540. The number of halogens is 1. The maximum atomic E-state index is 5.53. The standard InChI is InChI=1S/C15H24BrNO/c1-9(2)11(4)15(17-5)12-8-13(16)10(3)7-14(12)18-6/h7-9,11,15,17H,1-6H3. The number of hydrogen-bond acceptors (Lipinski definition) is 2. The van der Waals surface area contributed by atoms with Crippen LogP contribution in [0.15, 0.2) is 16.6 Å². The van der Waals surface area contributed by atoms with E-state index in [9.17, 15) is 0 Å². The molecule has 1 aromatic rings. The fraction of sp³-hybridized carbons (Fsp3) is 0.600. The largest absolute Gasteiger partial charge is 0.496 e. The van der Waals surface area contributed by atoms with Gasteiger partial charge in [0.05, 0.1) is 7.11 Å². The van der Waals surface area contributed by atoms with Crippen molar-refractivity contribution in [3.8, 4) is 5.75 Å². The van der Waals surface area contributed by atoms with E-state index >= 15 is 0 Å². The zero-order valence-electron chi connectivity index (χ0n) is 12.2. The van der Waals surface area contributed by atoms with Crippen LogP contribution in [0.4, 0.5) is 0 Å². The Morgan fingerprint density at radius 1 is 1.22 bits per heavy atom. The first-order valence-corrected chi connectivity index (χ1v) is 7.23. The molecule has 102 valence electrons. The highest BCUT2D eigenvalue weighted by Crippen LogP contribution is 2.36. The topological polar surface area (TPSA) is 21.3 Å². The van der Waals surface area contributed by atoms with Crippen molar-refractivity contribution < 1.29 is 4.74 Å². The van der Waals surface area contributed by atoms with Crippen molar-refractivity contribution in [3.05, 3.63) is 27.7 Å². The molecule has 0 saturated carbocycles. The van der Waals surface area contributed by atoms with Crippen molar-refractivity contribution in [1.29, 1.82) is 0 Å². The molecule has 1 N–H and O–H groups in total. The number of benzene rings is 1. The molecule has 2 unspecified atom stereocenters. The van der Waals surface area contributed by atoms with Gasteiger partial charge in [0.1, 0.15) is 5.75 Å². The Morgan fingerprint density at radius 2 is 1.83 bits per heavy atom. The van der Waals surface area contributed by atoms with Gasteiger partial charge in [-0.25, -0.2) is 0 Å². The van der Waals surface area contributed by atoms with Crippen LogP contribution < -0.4 is 10.1 Å². The third-order valence-electron chi connectivity index (χ3n) is 3.73. The lowest BCUT2D eigenvalue weighted by atomic mass is 9.85. The summed E-state index contributed by atoms with van der Waals surface area (Å²) in [6, 6.07) is 4.57. The third kappa shape index (κ3) is 3.27. The average Bonchev–Trinajstić information content (AvgIpc) is 2.33. The minimum Gasteiger partial charge on any atom is -0.496 e. The van der Waals surface area contributed by atoms with Gasteiger partial charge in [0.15, 0.2) is 0 Å². The number of methoxy groups -OCH3 is 1. The second kappa shape index (κ2) is 6.58. The minimum atomic E-state index is 0.303. The maximum absolute atomic E-state index is 5.53. The van der Waals surface area contributed by atoms with Crippen LogP contribution >= 0.6 is 15.9 Å². The second-order valence-electron chi connectivity index (χ2n) is 5.21. The summed E-state index contributed by atoms with van der Waals surface area (Å²) >= 11 is 3.61. The molecule has 0 saturated heterocycles. The van der Waals surface area contributed by atoms with E-state index in [1.54, 1.807) is 7.11 Å². The Balaban J connectivity index is 3.24. The van der Waals surface area contributed by atoms with Crippen LogP contribution in [-0.2, 0) is 0 Å². The summed E-state index contributed by atoms with van der Waals surface area (Å²) in [5.74, 6) is 2.12. The molecule has 18 heavy (non-hydrogen) atoms. The third-order valence-corrected chi connectivity index (χ3v) is 4.59. The van der Waals surface area contributed by atoms with Gasteiger partial charge in [0, 0.05) is 16.1 Å². The molecule has 2 nitrogen and oxygen atoms in total. The predicted octanol–water partition coefficient (Wildman–Crippen LogP) is 4.32. The van der Waals surface area contributed by atoms with Crippen molar-refractivity contribution >= 4 is 15.9 Å². The van der Waals surface area contributed by atoms with Gasteiger partial charge in [-0.3, -0.25) is 0 Å². The molecule has 0 amide bonds. The van der Waals surface area contributed by atoms with Gasteiger partial charge < -0.3 is 10.1 Å². The van der Waals surface area contributed by atoms with Gasteiger partial charge in [0.25, 0.3) is 0 Å². The van der Waals surface area contributed by atoms with Gasteiger partial charge >= 0.3 is 0 Å². The van der Waals surface area contributed by atoms with E-state index in [-0.39, 0.29) is 0 Å². The fourth-order valence-electron chi connectivity index (χ4n) is 2.18. The van der Waals surface area contributed by atoms with Gasteiger partial charge in [-0.1, -0.05) is 36.7 Å². The molecule has 0 aliphatic rings. The first-order valence-electron chi connectivity index (χ1n) is 6.43. The quantitative estimate of drug-likeness (QED) is 0.874. The van der Waals surface area contributed by atoms with E-state index in [0.29, 0.717) is 17.9 Å². The Bertz CT molecular complexity index is 404. The van der Waals surface area contributed by atoms with E-state index in [0.717, 1.165) is 10.2 Å². The van der Waals surface area contributed by atoms with Crippen LogP contribution in [0.5, 0.6) is 5.75 Å². The lowest BCUT2D eigenvalue weighted by molar-refractivity contribution is 0.306. The highest BCUT2D eigenvalue weighted by atomic mass is 79.9. The molecular formula is C15H24BrNO. The van der Waals surface area contributed by atoms with Crippen LogP contribution in [0, 0.1) is 18.8 Å². The number of hydrogen-bond donors (Lipinski definition) is 1. The maximum Gasteiger partial charge on any atom is 0.123 e. The molecular weight excluding hydrogens is 290 g/mol. The highest BCUT2D eigenvalue weighted by molar-refractivity contribution is 9.10. The van der Waals surface area contributed by atoms with E-state index in [4.69, 9.17) is 4.74 Å². The first kappa shape index (κ1) is 15.5. The summed E-state index contributed by atoms with van der Waals surface area (Å²) in [5, 5.41) is 3.42. The van der Waals surface area contributed by atoms with Crippen LogP contribution in [0.2, 0.25) is 0 Å². The molecule has 0 radical (unpaired) electrons. The Kier molecular flexibility index (Phi) is 5.67. The SMILES string of the molecule is CNC(c1cc(Br)c(C)cc1OC)C(C)C(C)C. The van der Waals surface area contributed by atoms with Gasteiger partial charge in [-0.05, 0) is 43.5 Å². The lowest BCUT2D eigenvalue weighted by Gasteiger charge is -2.28. The van der Waals surface area contributed by atoms with E-state index in [1.807, 2.05) is 7.05 Å². The summed E-state index contributed by atoms with van der Waals surface area (Å²) in [7, 11) is 3.75. The molecule has 0 bridgehead atoms. The molecule has 2 atom stereocenters. The molecule has 1 aromatic carbocycles. The normalized spacial score (nSPS) is 14.7. The van der Waals surface area contributed by atoms with Crippen LogP contribution in [0.3, 0.4) is 0 Å². The predicted molar refractivity (Wildman–Crippen MR) is 81.2 cm³/mol. The van der Waals surface area contributed by atoms with Crippen molar-refractivity contribution in [2.75, 3.05) is 14.2 Å². The molecule has 0 fully saturated rings. The number of ether oxygens (including phenoxy) is 1. The van der Waals surface area contributed by atoms with Crippen LogP contribution in [0.1, 0.15) is 37.9 Å². The summed E-state index contributed by atoms with van der Waals surface area (Å²) in [6.07, 6.45) is 0. The van der Waals surface area contributed by atoms with Crippen molar-refractivity contribution in [2.24, 2.45) is 11.8 Å². The van der Waals surface area contributed by atoms with Crippen molar-refractivity contribution in [3.63, 3.8) is 0 Å². The van der Waals surface area contributed by atoms with Crippen LogP contribution in [0.25, 0.3) is 0 Å². The molecule has 0 aromatic heterocycles. The van der Waals surface area contributed by atoms with Gasteiger partial charge in [0.2, 0.25) is 0 Å². The minimum absolute atomic E-state index is 0.303. The Morgan fingerprint density at radius 3 is 2.28 bits per heavy atom. The number of nitrogens with one attached hydrogen (secondary N) is 1. The average molecular weight is 314 g/mol. The fourth-order valence-corrected chi connectivity index (χ4v) is 2.54. The zero-order chi connectivity index (χ0) is 13.9. The number of rotatable bonds is 5. The first-order chi connectivity index (χ1) is 8.42. The molecule has 0 aliphatic heterocycles. The zero-order valence-corrected chi connectivity index (χ0v) is 13.8. The molecule has 3 heteroatoms. The Labute approximate surface area is 119 Å². The van der Waals surface area contributed by atoms with E-state index in [2.05, 4.69) is 61.1 Å². The smallest absolute Gasteiger partial charge is 0.123 e. The molecule has 0 heterocycles. The van der Waals surface area contributed by atoms with E-state index < -0.39 is 0 Å². The highest BCUT2D eigenvalue weighted by Gasteiger charge is 2.24. The van der Waals surface area contributed by atoms with Crippen molar-refractivity contribution in [2.45, 2.75) is 33.7 Å². The molecule has 0 aliphatic carbocycles. The summed E-state index contributed by atoms with van der Waals surface area (Å²) < 4.78 is 6.67. The summed E-state index contributed by atoms with van der Waals surface area (Å²) in [6.45, 7) is 8.87. The molecule has 0 spiro atoms. The van der Waals surface area contributed by atoms with E-state index in [1.165, 1.54) is 11.1 Å². The monoisotopic (exact) mass is 313 g/mol. The molecule has 1 rings (SSSR count). The second-order valence-corrected chi connectivity index (χ2v) is 6.07. The summed E-state index contributed by atoms with van der Waals surface area (Å²) in [5.41, 5.74) is 2.42. The van der Waals surface area contributed by atoms with Gasteiger partial charge in [-0.2, -0.15) is 0 Å². The number of aryl methyl sites for hydroxylation is 1. The van der Waals surface area contributed by atoms with Crippen LogP contribution in [-0.4, -0.2) is 14.2 Å². The summed E-state index contributed by atoms with van der Waals surface area (Å²) in [4.78, 5) is 0. The van der Waals surface area contributed by atoms with Crippen molar-refractivity contribution in [1.82, 2.24) is 5.32 Å². The van der Waals surface area contributed by atoms with Gasteiger partial charge in [-0.15, -0.1) is 0 Å².